The van der Waals surface area contributed by atoms with Crippen LogP contribution in [0.25, 0.3) is 0 Å². The van der Waals surface area contributed by atoms with Crippen LogP contribution in [0.2, 0.25) is 0 Å². The fourth-order valence-corrected chi connectivity index (χ4v) is 4.48. The first-order valence-corrected chi connectivity index (χ1v) is 10.3. The number of benzene rings is 1. The molecular formula is C22H24F3N3O3. The lowest BCUT2D eigenvalue weighted by Crippen LogP contribution is -2.56. The van der Waals surface area contributed by atoms with Gasteiger partial charge in [0.2, 0.25) is 0 Å². The summed E-state index contributed by atoms with van der Waals surface area (Å²) >= 11 is 0. The minimum atomic E-state index is -4.52. The highest BCUT2D eigenvalue weighted by molar-refractivity contribution is 5.94. The van der Waals surface area contributed by atoms with E-state index in [1.807, 2.05) is 12.1 Å². The molecule has 4 rings (SSSR count). The molecule has 1 N–H and O–H groups in total. The highest BCUT2D eigenvalue weighted by atomic mass is 19.4. The topological polar surface area (TPSA) is 65.8 Å². The molecule has 1 aromatic carbocycles. The number of aliphatic hydroxyl groups excluding tert-OH is 1. The number of likely N-dealkylation sites (tertiary alicyclic amines) is 1. The second-order valence-electron chi connectivity index (χ2n) is 8.16. The molecule has 2 aliphatic rings. The van der Waals surface area contributed by atoms with E-state index >= 15 is 0 Å². The van der Waals surface area contributed by atoms with Crippen molar-refractivity contribution in [3.8, 4) is 0 Å². The van der Waals surface area contributed by atoms with Gasteiger partial charge in [-0.15, -0.1) is 0 Å². The highest BCUT2D eigenvalue weighted by Gasteiger charge is 2.35. The number of aromatic nitrogens is 1. The summed E-state index contributed by atoms with van der Waals surface area (Å²) < 4.78 is 38.1. The number of halogens is 3. The van der Waals surface area contributed by atoms with Crippen molar-refractivity contribution in [2.45, 2.75) is 44.3 Å². The third-order valence-corrected chi connectivity index (χ3v) is 6.06. The Morgan fingerprint density at radius 2 is 1.87 bits per heavy atom. The summed E-state index contributed by atoms with van der Waals surface area (Å²) in [6.45, 7) is 0.717. The number of β-amino-alcohol motifs (C(OH)–C–C–N with tert-alkyl or cyclic N) is 1. The van der Waals surface area contributed by atoms with Crippen molar-refractivity contribution >= 4 is 5.91 Å². The number of aliphatic hydroxyl groups is 1. The predicted octanol–water partition coefficient (Wildman–Crippen LogP) is 2.04. The van der Waals surface area contributed by atoms with E-state index in [0.29, 0.717) is 17.5 Å². The third kappa shape index (κ3) is 4.83. The maximum Gasteiger partial charge on any atom is 0.406 e. The van der Waals surface area contributed by atoms with Crippen molar-refractivity contribution in [1.82, 2.24) is 14.4 Å². The van der Waals surface area contributed by atoms with Crippen LogP contribution in [-0.2, 0) is 19.5 Å². The van der Waals surface area contributed by atoms with E-state index in [1.54, 1.807) is 0 Å². The lowest BCUT2D eigenvalue weighted by atomic mass is 9.94. The zero-order chi connectivity index (χ0) is 22.2. The fraction of sp³-hybridized carbons (Fsp3) is 0.455. The molecule has 1 fully saturated rings. The molecule has 2 aliphatic heterocycles. The lowest BCUT2D eigenvalue weighted by molar-refractivity contribution is -0.141. The van der Waals surface area contributed by atoms with Crippen LogP contribution < -0.4 is 5.56 Å². The van der Waals surface area contributed by atoms with Crippen molar-refractivity contribution < 1.29 is 23.1 Å². The summed E-state index contributed by atoms with van der Waals surface area (Å²) in [7, 11) is 0. The minimum absolute atomic E-state index is 0.0287. The number of rotatable bonds is 3. The molecule has 0 unspecified atom stereocenters. The maximum atomic E-state index is 12.8. The highest BCUT2D eigenvalue weighted by Crippen LogP contribution is 2.26. The first-order chi connectivity index (χ1) is 14.7. The Labute approximate surface area is 177 Å². The smallest absolute Gasteiger partial charge is 0.390 e. The van der Waals surface area contributed by atoms with Crippen molar-refractivity contribution in [3.05, 3.63) is 69.6 Å². The molecule has 1 aromatic heterocycles. The first kappa shape index (κ1) is 21.6. The second-order valence-corrected chi connectivity index (χ2v) is 8.16. The first-order valence-electron chi connectivity index (χ1n) is 10.3. The zero-order valence-corrected chi connectivity index (χ0v) is 16.9. The number of fused-ring (bicyclic) bond motifs is 1. The Morgan fingerprint density at radius 1 is 1.13 bits per heavy atom. The molecule has 166 valence electrons. The molecule has 1 amide bonds. The molecule has 6 nitrogen and oxygen atoms in total. The molecule has 0 radical (unpaired) electrons. The number of piperidine rings is 1. The molecule has 1 saturated heterocycles. The van der Waals surface area contributed by atoms with E-state index in [0.717, 1.165) is 31.8 Å². The average Bonchev–Trinajstić information content (AvgIpc) is 2.73. The normalized spacial score (nSPS) is 22.3. The van der Waals surface area contributed by atoms with Crippen molar-refractivity contribution in [2.75, 3.05) is 19.6 Å². The molecule has 0 spiro atoms. The Kier molecular flexibility index (Phi) is 5.90. The SMILES string of the molecule is O=C(c1ccn(CC(F)(F)F)c(=O)c1)N1CC[C@H](N2CCc3ccccc3C2)[C@@H](O)C1. The van der Waals surface area contributed by atoms with Crippen LogP contribution in [0.15, 0.2) is 47.4 Å². The molecule has 3 heterocycles. The molecule has 0 bridgehead atoms. The van der Waals surface area contributed by atoms with Crippen LogP contribution in [0.4, 0.5) is 13.2 Å². The van der Waals surface area contributed by atoms with Crippen LogP contribution in [0, 0.1) is 0 Å². The fourth-order valence-electron chi connectivity index (χ4n) is 4.48. The lowest BCUT2D eigenvalue weighted by Gasteiger charge is -2.43. The van der Waals surface area contributed by atoms with Gasteiger partial charge in [0.1, 0.15) is 6.54 Å². The summed E-state index contributed by atoms with van der Waals surface area (Å²) in [6.07, 6.45) is -2.78. The largest absolute Gasteiger partial charge is 0.406 e. The Bertz CT molecular complexity index is 1020. The number of pyridine rings is 1. The molecule has 2 aromatic rings. The van der Waals surface area contributed by atoms with Gasteiger partial charge in [0.05, 0.1) is 6.10 Å². The van der Waals surface area contributed by atoms with Crippen molar-refractivity contribution in [2.24, 2.45) is 0 Å². The molecule has 31 heavy (non-hydrogen) atoms. The Hall–Kier alpha value is -2.65. The molecule has 0 saturated carbocycles. The van der Waals surface area contributed by atoms with Gasteiger partial charge in [0.15, 0.2) is 0 Å². The number of amides is 1. The Balaban J connectivity index is 1.40. The summed E-state index contributed by atoms with van der Waals surface area (Å²) in [5.74, 6) is -0.460. The third-order valence-electron chi connectivity index (χ3n) is 6.06. The maximum absolute atomic E-state index is 12.8. The number of nitrogens with zero attached hydrogens (tertiary/aromatic N) is 3. The average molecular weight is 435 g/mol. The summed E-state index contributed by atoms with van der Waals surface area (Å²) in [6, 6.07) is 10.3. The number of alkyl halides is 3. The summed E-state index contributed by atoms with van der Waals surface area (Å²) in [4.78, 5) is 28.4. The van der Waals surface area contributed by atoms with E-state index in [-0.39, 0.29) is 18.2 Å². The van der Waals surface area contributed by atoms with Crippen LogP contribution in [0.3, 0.4) is 0 Å². The van der Waals surface area contributed by atoms with Gasteiger partial charge in [-0.3, -0.25) is 14.5 Å². The summed E-state index contributed by atoms with van der Waals surface area (Å²) in [5.41, 5.74) is 1.71. The number of carbonyl (C=O) groups is 1. The summed E-state index contributed by atoms with van der Waals surface area (Å²) in [5, 5.41) is 10.7. The van der Waals surface area contributed by atoms with E-state index in [9.17, 15) is 27.9 Å². The van der Waals surface area contributed by atoms with Gasteiger partial charge in [-0.25, -0.2) is 0 Å². The van der Waals surface area contributed by atoms with Gasteiger partial charge < -0.3 is 14.6 Å². The number of carbonyl (C=O) groups excluding carboxylic acids is 1. The number of hydrogen-bond acceptors (Lipinski definition) is 4. The van der Waals surface area contributed by atoms with Gasteiger partial charge in [-0.1, -0.05) is 24.3 Å². The Morgan fingerprint density at radius 3 is 2.55 bits per heavy atom. The van der Waals surface area contributed by atoms with Crippen LogP contribution in [-0.4, -0.2) is 63.3 Å². The van der Waals surface area contributed by atoms with Crippen molar-refractivity contribution in [1.29, 1.82) is 0 Å². The van der Waals surface area contributed by atoms with Crippen LogP contribution >= 0.6 is 0 Å². The van der Waals surface area contributed by atoms with Gasteiger partial charge in [-0.05, 0) is 30.0 Å². The van der Waals surface area contributed by atoms with E-state index < -0.39 is 30.3 Å². The number of hydrogen-bond donors (Lipinski definition) is 1. The quantitative estimate of drug-likeness (QED) is 0.802. The predicted molar refractivity (Wildman–Crippen MR) is 108 cm³/mol. The van der Waals surface area contributed by atoms with Gasteiger partial charge >= 0.3 is 6.18 Å². The molecule has 9 heteroatoms. The van der Waals surface area contributed by atoms with Crippen molar-refractivity contribution in [3.63, 3.8) is 0 Å². The minimum Gasteiger partial charge on any atom is -0.390 e. The zero-order valence-electron chi connectivity index (χ0n) is 16.9. The second kappa shape index (κ2) is 8.47. The van der Waals surface area contributed by atoms with E-state index in [2.05, 4.69) is 17.0 Å². The van der Waals surface area contributed by atoms with Crippen LogP contribution in [0.5, 0.6) is 0 Å². The van der Waals surface area contributed by atoms with E-state index in [4.69, 9.17) is 0 Å². The van der Waals surface area contributed by atoms with Gasteiger partial charge in [-0.2, -0.15) is 13.2 Å². The molecule has 2 atom stereocenters. The van der Waals surface area contributed by atoms with Gasteiger partial charge in [0.25, 0.3) is 11.5 Å². The van der Waals surface area contributed by atoms with E-state index in [1.165, 1.54) is 22.1 Å². The molecule has 0 aliphatic carbocycles. The monoisotopic (exact) mass is 435 g/mol. The molecular weight excluding hydrogens is 411 g/mol. The van der Waals surface area contributed by atoms with Crippen LogP contribution in [0.1, 0.15) is 27.9 Å². The standard InChI is InChI=1S/C22H24F3N3O3/c23-22(24,25)14-28-9-6-16(11-20(28)30)21(31)27-10-7-18(19(29)13-27)26-8-5-15-3-1-2-4-17(15)12-26/h1-4,6,9,11,18-19,29H,5,7-8,10,12-14H2/t18-,19-/m0/s1. The van der Waals surface area contributed by atoms with Gasteiger partial charge in [0, 0.05) is 50.0 Å².